The molecular formula is C27H23Cl2N3O3S. The Morgan fingerprint density at radius 3 is 2.75 bits per heavy atom. The lowest BCUT2D eigenvalue weighted by Crippen LogP contribution is -2.39. The van der Waals surface area contributed by atoms with E-state index in [1.165, 1.54) is 0 Å². The number of carbonyl (C=O) groups is 1. The van der Waals surface area contributed by atoms with Gasteiger partial charge in [0.15, 0.2) is 0 Å². The maximum atomic E-state index is 13.7. The Morgan fingerprint density at radius 2 is 1.89 bits per heavy atom. The number of hydrogen-bond donors (Lipinski definition) is 1. The molecule has 6 rings (SSSR count). The van der Waals surface area contributed by atoms with E-state index < -0.39 is 0 Å². The van der Waals surface area contributed by atoms with E-state index in [0.717, 1.165) is 38.3 Å². The van der Waals surface area contributed by atoms with Crippen molar-refractivity contribution in [3.63, 3.8) is 0 Å². The van der Waals surface area contributed by atoms with Crippen molar-refractivity contribution >= 4 is 56.3 Å². The third-order valence-electron chi connectivity index (χ3n) is 6.64. The summed E-state index contributed by atoms with van der Waals surface area (Å²) in [5.74, 6) is 0.667. The minimum Gasteiger partial charge on any atom is -0.493 e. The molecule has 0 spiro atoms. The van der Waals surface area contributed by atoms with Gasteiger partial charge in [-0.1, -0.05) is 53.5 Å². The number of para-hydroxylation sites is 1. The number of hydrogen-bond acceptors (Lipinski definition) is 6. The number of ether oxygens (including phenoxy) is 2. The van der Waals surface area contributed by atoms with Gasteiger partial charge in [-0.2, -0.15) is 0 Å². The zero-order valence-electron chi connectivity index (χ0n) is 19.3. The van der Waals surface area contributed by atoms with Gasteiger partial charge in [-0.3, -0.25) is 9.78 Å². The third-order valence-corrected chi connectivity index (χ3v) is 8.43. The van der Waals surface area contributed by atoms with E-state index in [2.05, 4.69) is 10.2 Å². The number of nitrogens with one attached hydrogen (secondary N) is 1. The molecule has 1 amide bonds. The van der Waals surface area contributed by atoms with Crippen LogP contribution in [0.5, 0.6) is 5.75 Å². The van der Waals surface area contributed by atoms with E-state index in [0.29, 0.717) is 54.9 Å². The average Bonchev–Trinajstić information content (AvgIpc) is 3.34. The molecule has 4 aromatic rings. The van der Waals surface area contributed by atoms with Gasteiger partial charge < -0.3 is 19.7 Å². The van der Waals surface area contributed by atoms with Gasteiger partial charge in [0, 0.05) is 47.8 Å². The monoisotopic (exact) mass is 539 g/mol. The van der Waals surface area contributed by atoms with Crippen LogP contribution in [0, 0.1) is 0 Å². The Morgan fingerprint density at radius 1 is 1.06 bits per heavy atom. The highest BCUT2D eigenvalue weighted by molar-refractivity contribution is 7.18. The van der Waals surface area contributed by atoms with Crippen LogP contribution in [0.15, 0.2) is 54.0 Å². The number of anilines is 1. The molecule has 1 N–H and O–H groups in total. The Balaban J connectivity index is 1.43. The molecule has 0 radical (unpaired) electrons. The first-order chi connectivity index (χ1) is 17.6. The topological polar surface area (TPSA) is 63.7 Å². The van der Waals surface area contributed by atoms with Crippen LogP contribution in [0.2, 0.25) is 10.0 Å². The van der Waals surface area contributed by atoms with E-state index in [1.807, 2.05) is 41.8 Å². The van der Waals surface area contributed by atoms with Crippen LogP contribution in [0.25, 0.3) is 21.3 Å². The summed E-state index contributed by atoms with van der Waals surface area (Å²) >= 11 is 14.4. The predicted molar refractivity (Wildman–Crippen MR) is 145 cm³/mol. The molecule has 6 nitrogen and oxygen atoms in total. The second-order valence-electron chi connectivity index (χ2n) is 8.75. The lowest BCUT2D eigenvalue weighted by Gasteiger charge is -2.31. The lowest BCUT2D eigenvalue weighted by molar-refractivity contribution is 0.0923. The number of thiophene rings is 1. The Hall–Kier alpha value is -2.84. The van der Waals surface area contributed by atoms with Gasteiger partial charge >= 0.3 is 0 Å². The molecule has 2 aromatic carbocycles. The van der Waals surface area contributed by atoms with E-state index >= 15 is 0 Å². The summed E-state index contributed by atoms with van der Waals surface area (Å²) in [7, 11) is 0. The number of fused-ring (bicyclic) bond motifs is 2. The molecule has 2 aliphatic heterocycles. The predicted octanol–water partition coefficient (Wildman–Crippen LogP) is 6.36. The Labute approximate surface area is 222 Å². The van der Waals surface area contributed by atoms with Crippen LogP contribution in [0.3, 0.4) is 0 Å². The van der Waals surface area contributed by atoms with Gasteiger partial charge in [-0.05, 0) is 12.1 Å². The van der Waals surface area contributed by atoms with E-state index in [9.17, 15) is 4.79 Å². The number of halogens is 2. The number of pyridine rings is 1. The third kappa shape index (κ3) is 4.20. The molecule has 1 unspecified atom stereocenters. The minimum atomic E-state index is -0.150. The summed E-state index contributed by atoms with van der Waals surface area (Å²) in [6.07, 6.45) is 2.39. The Kier molecular flexibility index (Phi) is 6.48. The van der Waals surface area contributed by atoms with E-state index in [1.54, 1.807) is 23.6 Å². The molecule has 0 bridgehead atoms. The van der Waals surface area contributed by atoms with Gasteiger partial charge in [-0.15, -0.1) is 11.3 Å². The van der Waals surface area contributed by atoms with Crippen LogP contribution < -0.4 is 15.0 Å². The van der Waals surface area contributed by atoms with Gasteiger partial charge in [0.25, 0.3) is 5.91 Å². The number of morpholine rings is 1. The molecule has 9 heteroatoms. The number of aromatic nitrogens is 1. The first kappa shape index (κ1) is 23.6. The van der Waals surface area contributed by atoms with Crippen molar-refractivity contribution in [1.82, 2.24) is 10.3 Å². The van der Waals surface area contributed by atoms with Gasteiger partial charge in [0.05, 0.1) is 57.4 Å². The molecule has 184 valence electrons. The summed E-state index contributed by atoms with van der Waals surface area (Å²) in [6, 6.07) is 13.3. The first-order valence-corrected chi connectivity index (χ1v) is 13.4. The van der Waals surface area contributed by atoms with Crippen LogP contribution >= 0.6 is 34.5 Å². The van der Waals surface area contributed by atoms with Crippen molar-refractivity contribution in [2.45, 2.75) is 12.5 Å². The number of benzene rings is 2. The van der Waals surface area contributed by atoms with Gasteiger partial charge in [0.1, 0.15) is 5.75 Å². The fourth-order valence-electron chi connectivity index (χ4n) is 4.86. The molecule has 0 saturated carbocycles. The molecule has 1 atom stereocenters. The molecule has 0 aliphatic carbocycles. The van der Waals surface area contributed by atoms with Crippen LogP contribution in [-0.2, 0) is 4.74 Å². The van der Waals surface area contributed by atoms with Crippen molar-refractivity contribution in [3.8, 4) is 16.9 Å². The molecule has 36 heavy (non-hydrogen) atoms. The molecule has 1 saturated heterocycles. The molecule has 2 aromatic heterocycles. The molecule has 1 fully saturated rings. The molecule has 4 heterocycles. The van der Waals surface area contributed by atoms with E-state index in [-0.39, 0.29) is 11.9 Å². The van der Waals surface area contributed by atoms with E-state index in [4.69, 9.17) is 37.7 Å². The maximum Gasteiger partial charge on any atom is 0.255 e. The highest BCUT2D eigenvalue weighted by atomic mass is 35.5. The Bertz CT molecular complexity index is 1450. The highest BCUT2D eigenvalue weighted by Crippen LogP contribution is 2.43. The fourth-order valence-corrected chi connectivity index (χ4v) is 6.36. The average molecular weight is 540 g/mol. The maximum absolute atomic E-state index is 13.7. The first-order valence-electron chi connectivity index (χ1n) is 11.8. The highest BCUT2D eigenvalue weighted by Gasteiger charge is 2.28. The molecule has 2 aliphatic rings. The van der Waals surface area contributed by atoms with Crippen LogP contribution in [0.1, 0.15) is 28.4 Å². The van der Waals surface area contributed by atoms with Crippen molar-refractivity contribution in [2.24, 2.45) is 0 Å². The number of carbonyl (C=O) groups excluding carboxylic acids is 1. The second kappa shape index (κ2) is 9.90. The normalized spacial score (nSPS) is 17.5. The van der Waals surface area contributed by atoms with Crippen molar-refractivity contribution in [1.29, 1.82) is 0 Å². The zero-order valence-corrected chi connectivity index (χ0v) is 21.6. The summed E-state index contributed by atoms with van der Waals surface area (Å²) in [5.41, 5.74) is 4.97. The summed E-state index contributed by atoms with van der Waals surface area (Å²) in [4.78, 5) is 20.7. The zero-order chi connectivity index (χ0) is 24.6. The quantitative estimate of drug-likeness (QED) is 0.327. The van der Waals surface area contributed by atoms with Gasteiger partial charge in [0.2, 0.25) is 0 Å². The summed E-state index contributed by atoms with van der Waals surface area (Å²) in [6.45, 7) is 3.17. The smallest absolute Gasteiger partial charge is 0.255 e. The van der Waals surface area contributed by atoms with Gasteiger partial charge in [-0.25, -0.2) is 0 Å². The standard InChI is InChI=1S/C27H23Cl2N3O3S/c28-20-6-3-5-16(23(20)29)19-15-36-26-24(19)30-14-18(25(26)32-9-12-34-13-10-32)27(33)31-21-8-11-35-22-7-2-1-4-17(21)22/h1-7,14-15,21H,8-13H2,(H,31,33). The second-order valence-corrected chi connectivity index (χ2v) is 10.4. The van der Waals surface area contributed by atoms with Crippen LogP contribution in [-0.4, -0.2) is 43.8 Å². The molecular weight excluding hydrogens is 517 g/mol. The number of rotatable bonds is 4. The van der Waals surface area contributed by atoms with Crippen molar-refractivity contribution in [3.05, 3.63) is 75.2 Å². The van der Waals surface area contributed by atoms with Crippen molar-refractivity contribution < 1.29 is 14.3 Å². The minimum absolute atomic E-state index is 0.125. The number of amides is 1. The fraction of sp³-hybridized carbons (Fsp3) is 0.259. The largest absolute Gasteiger partial charge is 0.493 e. The summed E-state index contributed by atoms with van der Waals surface area (Å²) < 4.78 is 12.3. The number of nitrogens with zero attached hydrogens (tertiary/aromatic N) is 2. The summed E-state index contributed by atoms with van der Waals surface area (Å²) in [5, 5.41) is 6.27. The van der Waals surface area contributed by atoms with Crippen molar-refractivity contribution in [2.75, 3.05) is 37.8 Å². The lowest BCUT2D eigenvalue weighted by atomic mass is 10.00. The SMILES string of the molecule is O=C(NC1CCOc2ccccc21)c1cnc2c(-c3cccc(Cl)c3Cl)csc2c1N1CCOCC1. The van der Waals surface area contributed by atoms with Crippen LogP contribution in [0.4, 0.5) is 5.69 Å².